The van der Waals surface area contributed by atoms with Crippen LogP contribution in [0.25, 0.3) is 0 Å². The van der Waals surface area contributed by atoms with Crippen LogP contribution in [0.15, 0.2) is 0 Å². The molecular formula is C14H24N2O5. The normalized spacial score (nSPS) is 19.8. The van der Waals surface area contributed by atoms with Gasteiger partial charge in [0, 0.05) is 18.8 Å². The second-order valence-electron chi connectivity index (χ2n) is 5.51. The van der Waals surface area contributed by atoms with Crippen LogP contribution < -0.4 is 5.32 Å². The van der Waals surface area contributed by atoms with Gasteiger partial charge in [-0.25, -0.2) is 4.79 Å². The summed E-state index contributed by atoms with van der Waals surface area (Å²) in [6.07, 6.45) is 1.33. The second-order valence-corrected chi connectivity index (χ2v) is 5.51. The minimum absolute atomic E-state index is 0.145. The molecule has 120 valence electrons. The first-order valence-corrected chi connectivity index (χ1v) is 7.39. The highest BCUT2D eigenvalue weighted by molar-refractivity contribution is 5.86. The van der Waals surface area contributed by atoms with Crippen LogP contribution in [0.3, 0.4) is 0 Å². The van der Waals surface area contributed by atoms with Crippen LogP contribution >= 0.6 is 0 Å². The van der Waals surface area contributed by atoms with Gasteiger partial charge in [0.15, 0.2) is 6.23 Å². The largest absolute Gasteiger partial charge is 0.370 e. The van der Waals surface area contributed by atoms with Crippen molar-refractivity contribution in [3.8, 4) is 0 Å². The molecule has 2 amide bonds. The molecule has 1 aliphatic rings. The summed E-state index contributed by atoms with van der Waals surface area (Å²) >= 11 is 0. The molecule has 2 unspecified atom stereocenters. The van der Waals surface area contributed by atoms with Gasteiger partial charge >= 0.3 is 5.97 Å². The average Bonchev–Trinajstić information content (AvgIpc) is 2.74. The molecule has 21 heavy (non-hydrogen) atoms. The topological polar surface area (TPSA) is 95.9 Å². The second kappa shape index (κ2) is 7.97. The van der Waals surface area contributed by atoms with E-state index in [1.165, 1.54) is 0 Å². The van der Waals surface area contributed by atoms with Gasteiger partial charge in [-0.3, -0.25) is 9.59 Å². The van der Waals surface area contributed by atoms with E-state index in [9.17, 15) is 19.5 Å². The van der Waals surface area contributed by atoms with Crippen molar-refractivity contribution in [1.82, 2.24) is 10.4 Å². The lowest BCUT2D eigenvalue weighted by Crippen LogP contribution is -2.47. The first-order chi connectivity index (χ1) is 9.86. The number of hydrogen-bond donors (Lipinski definition) is 2. The lowest BCUT2D eigenvalue weighted by Gasteiger charge is -2.23. The summed E-state index contributed by atoms with van der Waals surface area (Å²) in [5, 5.41) is 12.9. The molecular weight excluding hydrogens is 276 g/mol. The molecule has 0 saturated carbocycles. The van der Waals surface area contributed by atoms with E-state index in [4.69, 9.17) is 4.84 Å². The Labute approximate surface area is 124 Å². The molecule has 1 saturated heterocycles. The number of nitrogens with zero attached hydrogens (tertiary/aromatic N) is 1. The van der Waals surface area contributed by atoms with Crippen LogP contribution in [-0.4, -0.2) is 40.2 Å². The van der Waals surface area contributed by atoms with E-state index >= 15 is 0 Å². The van der Waals surface area contributed by atoms with E-state index in [1.54, 1.807) is 13.8 Å². The predicted octanol–water partition coefficient (Wildman–Crippen LogP) is 0.716. The number of aliphatic hydroxyl groups excluding tert-OH is 1. The fraction of sp³-hybridized carbons (Fsp3) is 0.786. The Balaban J connectivity index is 2.65. The molecule has 1 fully saturated rings. The molecule has 7 nitrogen and oxygen atoms in total. The van der Waals surface area contributed by atoms with Crippen LogP contribution in [0.2, 0.25) is 0 Å². The molecule has 1 aliphatic heterocycles. The number of carbonyl (C=O) groups is 3. The van der Waals surface area contributed by atoms with Crippen LogP contribution in [0.4, 0.5) is 0 Å². The smallest absolute Gasteiger partial charge is 0.354 e. The van der Waals surface area contributed by atoms with Crippen LogP contribution in [0.5, 0.6) is 0 Å². The maximum atomic E-state index is 12.1. The highest BCUT2D eigenvalue weighted by Crippen LogP contribution is 2.17. The minimum atomic E-state index is -1.10. The van der Waals surface area contributed by atoms with Crippen LogP contribution in [-0.2, 0) is 19.2 Å². The number of aliphatic hydroxyl groups is 1. The van der Waals surface area contributed by atoms with E-state index in [0.717, 1.165) is 12.8 Å². The molecule has 0 aromatic carbocycles. The number of hydroxylamine groups is 2. The Morgan fingerprint density at radius 3 is 2.62 bits per heavy atom. The standard InChI is InChI=1S/C14H24N2O5/c1-4-5-6-10(15-13(19)9(2)3)14(20)21-16-11(17)7-8-12(16)18/h9-11,17H,4-8H2,1-3H3,(H,15,19). The summed E-state index contributed by atoms with van der Waals surface area (Å²) in [6, 6.07) is -0.805. The van der Waals surface area contributed by atoms with Crippen molar-refractivity contribution in [1.29, 1.82) is 0 Å². The summed E-state index contributed by atoms with van der Waals surface area (Å²) in [7, 11) is 0. The van der Waals surface area contributed by atoms with Gasteiger partial charge in [0.1, 0.15) is 6.04 Å². The number of rotatable bonds is 7. The van der Waals surface area contributed by atoms with E-state index in [2.05, 4.69) is 5.32 Å². The summed E-state index contributed by atoms with van der Waals surface area (Å²) in [5.41, 5.74) is 0. The van der Waals surface area contributed by atoms with Gasteiger partial charge in [0.2, 0.25) is 5.91 Å². The third-order valence-electron chi connectivity index (χ3n) is 3.29. The number of hydrogen-bond acceptors (Lipinski definition) is 5. The third kappa shape index (κ3) is 5.00. The van der Waals surface area contributed by atoms with Crippen LogP contribution in [0.1, 0.15) is 52.9 Å². The minimum Gasteiger partial charge on any atom is -0.370 e. The van der Waals surface area contributed by atoms with Gasteiger partial charge in [-0.2, -0.15) is 0 Å². The van der Waals surface area contributed by atoms with Crippen molar-refractivity contribution < 1.29 is 24.3 Å². The quantitative estimate of drug-likeness (QED) is 0.722. The number of carbonyl (C=O) groups excluding carboxylic acids is 3. The maximum Gasteiger partial charge on any atom is 0.354 e. The van der Waals surface area contributed by atoms with Gasteiger partial charge in [-0.15, -0.1) is 5.06 Å². The van der Waals surface area contributed by atoms with Gasteiger partial charge in [0.05, 0.1) is 0 Å². The Kier molecular flexibility index (Phi) is 6.61. The zero-order valence-electron chi connectivity index (χ0n) is 12.8. The molecule has 1 heterocycles. The predicted molar refractivity (Wildman–Crippen MR) is 74.5 cm³/mol. The SMILES string of the molecule is CCCCC(NC(=O)C(C)C)C(=O)ON1C(=O)CCC1O. The highest BCUT2D eigenvalue weighted by atomic mass is 16.7. The molecule has 2 atom stereocenters. The molecule has 1 rings (SSSR count). The Hall–Kier alpha value is -1.63. The van der Waals surface area contributed by atoms with E-state index < -0.39 is 24.1 Å². The fourth-order valence-electron chi connectivity index (χ4n) is 1.91. The lowest BCUT2D eigenvalue weighted by atomic mass is 10.1. The molecule has 0 radical (unpaired) electrons. The third-order valence-corrected chi connectivity index (χ3v) is 3.29. The molecule has 0 aliphatic carbocycles. The molecule has 0 bridgehead atoms. The highest BCUT2D eigenvalue weighted by Gasteiger charge is 2.35. The van der Waals surface area contributed by atoms with Gasteiger partial charge < -0.3 is 15.3 Å². The molecule has 0 aromatic heterocycles. The maximum absolute atomic E-state index is 12.1. The molecule has 0 aromatic rings. The number of unbranched alkanes of at least 4 members (excludes halogenated alkanes) is 1. The molecule has 2 N–H and O–H groups in total. The number of amides is 2. The van der Waals surface area contributed by atoms with Crippen molar-refractivity contribution in [3.63, 3.8) is 0 Å². The number of nitrogens with one attached hydrogen (secondary N) is 1. The fourth-order valence-corrected chi connectivity index (χ4v) is 1.91. The van der Waals surface area contributed by atoms with E-state index in [-0.39, 0.29) is 24.7 Å². The van der Waals surface area contributed by atoms with Crippen molar-refractivity contribution in [2.75, 3.05) is 0 Å². The lowest BCUT2D eigenvalue weighted by molar-refractivity contribution is -0.222. The zero-order chi connectivity index (χ0) is 16.0. The van der Waals surface area contributed by atoms with Crippen molar-refractivity contribution in [2.45, 2.75) is 65.1 Å². The van der Waals surface area contributed by atoms with Crippen LogP contribution in [0, 0.1) is 5.92 Å². The Bertz CT molecular complexity index is 397. The summed E-state index contributed by atoms with van der Waals surface area (Å²) in [6.45, 7) is 5.43. The summed E-state index contributed by atoms with van der Waals surface area (Å²) in [4.78, 5) is 40.3. The van der Waals surface area contributed by atoms with Crippen molar-refractivity contribution in [2.24, 2.45) is 5.92 Å². The van der Waals surface area contributed by atoms with Gasteiger partial charge in [-0.05, 0) is 6.42 Å². The van der Waals surface area contributed by atoms with E-state index in [0.29, 0.717) is 11.5 Å². The van der Waals surface area contributed by atoms with Gasteiger partial charge in [0.25, 0.3) is 5.91 Å². The molecule has 0 spiro atoms. The average molecular weight is 300 g/mol. The Morgan fingerprint density at radius 1 is 1.48 bits per heavy atom. The summed E-state index contributed by atoms with van der Waals surface area (Å²) < 4.78 is 0. The van der Waals surface area contributed by atoms with Crippen molar-refractivity contribution in [3.05, 3.63) is 0 Å². The van der Waals surface area contributed by atoms with Gasteiger partial charge in [-0.1, -0.05) is 33.6 Å². The summed E-state index contributed by atoms with van der Waals surface area (Å²) in [5.74, 6) is -1.64. The van der Waals surface area contributed by atoms with Crippen molar-refractivity contribution >= 4 is 17.8 Å². The monoisotopic (exact) mass is 300 g/mol. The van der Waals surface area contributed by atoms with E-state index in [1.807, 2.05) is 6.92 Å². The molecule has 7 heteroatoms. The zero-order valence-corrected chi connectivity index (χ0v) is 12.8. The first-order valence-electron chi connectivity index (χ1n) is 7.39. The first kappa shape index (κ1) is 17.4. The Morgan fingerprint density at radius 2 is 2.14 bits per heavy atom.